The molecule has 0 aliphatic rings. The first-order chi connectivity index (χ1) is 17.2. The molecule has 0 spiro atoms. The van der Waals surface area contributed by atoms with Gasteiger partial charge in [0.15, 0.2) is 6.61 Å². The van der Waals surface area contributed by atoms with Crippen LogP contribution in [0.1, 0.15) is 17.5 Å². The van der Waals surface area contributed by atoms with Crippen LogP contribution in [0, 0.1) is 6.92 Å². The van der Waals surface area contributed by atoms with Crippen LogP contribution >= 0.6 is 11.8 Å². The number of para-hydroxylation sites is 1. The minimum Gasteiger partial charge on any atom is -0.484 e. The third kappa shape index (κ3) is 7.66. The molecule has 4 rings (SSSR count). The van der Waals surface area contributed by atoms with Gasteiger partial charge in [-0.25, -0.2) is 0 Å². The van der Waals surface area contributed by atoms with Crippen LogP contribution in [0.2, 0.25) is 0 Å². The van der Waals surface area contributed by atoms with Gasteiger partial charge in [-0.2, -0.15) is 4.68 Å². The molecular weight excluding hydrogens is 460 g/mol. The molecule has 2 N–H and O–H groups in total. The number of nitrogens with one attached hydrogen (secondary N) is 2. The van der Waals surface area contributed by atoms with Crippen molar-refractivity contribution < 1.29 is 9.53 Å². The Bertz CT molecular complexity index is 1210. The third-order valence-electron chi connectivity index (χ3n) is 5.10. The SMILES string of the molecule is Cc1ccc(NC(=O)COc2cccc(CNCCCSc3nnnn3-c3ccccc3)c2)cc1. The quantitative estimate of drug-likeness (QED) is 0.227. The number of ether oxygens (including phenoxy) is 1. The monoisotopic (exact) mass is 488 g/mol. The molecule has 1 aromatic heterocycles. The van der Waals surface area contributed by atoms with Crippen molar-refractivity contribution in [1.29, 1.82) is 0 Å². The molecule has 4 aromatic rings. The summed E-state index contributed by atoms with van der Waals surface area (Å²) >= 11 is 1.64. The molecule has 0 aliphatic heterocycles. The van der Waals surface area contributed by atoms with Crippen LogP contribution in [0.3, 0.4) is 0 Å². The third-order valence-corrected chi connectivity index (χ3v) is 6.11. The molecule has 1 amide bonds. The number of aryl methyl sites for hydroxylation is 1. The molecule has 1 heterocycles. The van der Waals surface area contributed by atoms with Crippen molar-refractivity contribution in [2.75, 3.05) is 24.2 Å². The number of carbonyl (C=O) groups is 1. The van der Waals surface area contributed by atoms with Crippen molar-refractivity contribution in [3.8, 4) is 11.4 Å². The zero-order valence-corrected chi connectivity index (χ0v) is 20.4. The maximum absolute atomic E-state index is 12.2. The lowest BCUT2D eigenvalue weighted by molar-refractivity contribution is -0.118. The number of tetrazole rings is 1. The molecule has 9 heteroatoms. The Morgan fingerprint density at radius 3 is 2.69 bits per heavy atom. The summed E-state index contributed by atoms with van der Waals surface area (Å²) in [6.45, 7) is 3.56. The maximum atomic E-state index is 12.2. The molecule has 180 valence electrons. The number of carbonyl (C=O) groups excluding carboxylic acids is 1. The Kier molecular flexibility index (Phi) is 8.85. The average molecular weight is 489 g/mol. The van der Waals surface area contributed by atoms with Crippen molar-refractivity contribution in [2.45, 2.75) is 25.0 Å². The van der Waals surface area contributed by atoms with Gasteiger partial charge in [0.25, 0.3) is 5.91 Å². The highest BCUT2D eigenvalue weighted by molar-refractivity contribution is 7.99. The molecule has 0 fully saturated rings. The number of amides is 1. The van der Waals surface area contributed by atoms with Crippen LogP contribution in [-0.4, -0.2) is 45.0 Å². The average Bonchev–Trinajstić information content (AvgIpc) is 3.36. The fourth-order valence-electron chi connectivity index (χ4n) is 3.32. The topological polar surface area (TPSA) is 94.0 Å². The number of benzene rings is 3. The molecule has 0 unspecified atom stereocenters. The van der Waals surface area contributed by atoms with Crippen molar-refractivity contribution in [3.63, 3.8) is 0 Å². The number of rotatable bonds is 12. The molecule has 0 bridgehead atoms. The van der Waals surface area contributed by atoms with Crippen LogP contribution in [-0.2, 0) is 11.3 Å². The smallest absolute Gasteiger partial charge is 0.262 e. The second-order valence-corrected chi connectivity index (χ2v) is 9.00. The van der Waals surface area contributed by atoms with Crippen LogP contribution in [0.5, 0.6) is 5.75 Å². The summed E-state index contributed by atoms with van der Waals surface area (Å²) in [7, 11) is 0. The fourth-order valence-corrected chi connectivity index (χ4v) is 4.15. The Morgan fingerprint density at radius 2 is 1.86 bits per heavy atom. The van der Waals surface area contributed by atoms with Crippen molar-refractivity contribution in [3.05, 3.63) is 90.0 Å². The minimum atomic E-state index is -0.187. The van der Waals surface area contributed by atoms with E-state index in [1.165, 1.54) is 0 Å². The van der Waals surface area contributed by atoms with E-state index in [4.69, 9.17) is 4.74 Å². The van der Waals surface area contributed by atoms with Gasteiger partial charge in [-0.1, -0.05) is 59.8 Å². The summed E-state index contributed by atoms with van der Waals surface area (Å²) in [4.78, 5) is 12.2. The molecule has 0 radical (unpaired) electrons. The summed E-state index contributed by atoms with van der Waals surface area (Å²) in [5.41, 5.74) is 3.96. The predicted octanol–water partition coefficient (Wildman–Crippen LogP) is 4.26. The van der Waals surface area contributed by atoms with E-state index in [2.05, 4.69) is 26.2 Å². The highest BCUT2D eigenvalue weighted by atomic mass is 32.2. The van der Waals surface area contributed by atoms with E-state index >= 15 is 0 Å². The van der Waals surface area contributed by atoms with E-state index in [0.717, 1.165) is 52.9 Å². The summed E-state index contributed by atoms with van der Waals surface area (Å²) in [6, 6.07) is 25.3. The number of thioether (sulfide) groups is 1. The Morgan fingerprint density at radius 1 is 1.03 bits per heavy atom. The van der Waals surface area contributed by atoms with Crippen molar-refractivity contribution >= 4 is 23.4 Å². The van der Waals surface area contributed by atoms with Gasteiger partial charge < -0.3 is 15.4 Å². The second kappa shape index (κ2) is 12.7. The normalized spacial score (nSPS) is 10.8. The summed E-state index contributed by atoms with van der Waals surface area (Å²) < 4.78 is 7.43. The standard InChI is InChI=1S/C26H28N6O2S/c1-20-11-13-22(14-12-20)28-25(33)19-34-24-10-5-7-21(17-24)18-27-15-6-16-35-26-29-30-31-32(26)23-8-3-2-4-9-23/h2-5,7-14,17,27H,6,15-16,18-19H2,1H3,(H,28,33). The van der Waals surface area contributed by atoms with Gasteiger partial charge in [0.1, 0.15) is 5.75 Å². The van der Waals surface area contributed by atoms with E-state index in [1.807, 2.05) is 85.8 Å². The highest BCUT2D eigenvalue weighted by Gasteiger charge is 2.08. The summed E-state index contributed by atoms with van der Waals surface area (Å²) in [5, 5.41) is 19.1. The lowest BCUT2D eigenvalue weighted by Gasteiger charge is -2.10. The van der Waals surface area contributed by atoms with E-state index in [1.54, 1.807) is 16.4 Å². The lowest BCUT2D eigenvalue weighted by atomic mass is 10.2. The molecule has 0 aliphatic carbocycles. The highest BCUT2D eigenvalue weighted by Crippen LogP contribution is 2.18. The number of anilines is 1. The molecule has 8 nitrogen and oxygen atoms in total. The second-order valence-electron chi connectivity index (χ2n) is 7.94. The van der Waals surface area contributed by atoms with Gasteiger partial charge in [0.05, 0.1) is 5.69 Å². The molecule has 0 atom stereocenters. The minimum absolute atomic E-state index is 0.0373. The van der Waals surface area contributed by atoms with E-state index in [9.17, 15) is 4.79 Å². The largest absolute Gasteiger partial charge is 0.484 e. The van der Waals surface area contributed by atoms with Gasteiger partial charge in [-0.3, -0.25) is 4.79 Å². The Hall–Kier alpha value is -3.69. The van der Waals surface area contributed by atoms with E-state index < -0.39 is 0 Å². The number of hydrogen-bond donors (Lipinski definition) is 2. The predicted molar refractivity (Wildman–Crippen MR) is 138 cm³/mol. The number of nitrogens with zero attached hydrogens (tertiary/aromatic N) is 4. The van der Waals surface area contributed by atoms with E-state index in [-0.39, 0.29) is 12.5 Å². The first kappa shape index (κ1) is 24.4. The van der Waals surface area contributed by atoms with Crippen LogP contribution in [0.25, 0.3) is 5.69 Å². The maximum Gasteiger partial charge on any atom is 0.262 e. The fraction of sp³-hybridized carbons (Fsp3) is 0.231. The Labute approximate surface area is 209 Å². The molecule has 0 saturated carbocycles. The van der Waals surface area contributed by atoms with Crippen LogP contribution in [0.4, 0.5) is 5.69 Å². The van der Waals surface area contributed by atoms with Crippen molar-refractivity contribution in [2.24, 2.45) is 0 Å². The van der Waals surface area contributed by atoms with Crippen molar-refractivity contribution in [1.82, 2.24) is 25.5 Å². The Balaban J connectivity index is 1.15. The number of hydrogen-bond acceptors (Lipinski definition) is 7. The zero-order chi connectivity index (χ0) is 24.3. The lowest BCUT2D eigenvalue weighted by Crippen LogP contribution is -2.20. The van der Waals surface area contributed by atoms with Gasteiger partial charge in [0, 0.05) is 18.0 Å². The zero-order valence-electron chi connectivity index (χ0n) is 19.6. The molecule has 0 saturated heterocycles. The summed E-state index contributed by atoms with van der Waals surface area (Å²) in [5.74, 6) is 1.39. The molecular formula is C26H28N6O2S. The van der Waals surface area contributed by atoms with Gasteiger partial charge >= 0.3 is 0 Å². The molecule has 35 heavy (non-hydrogen) atoms. The van der Waals surface area contributed by atoms with Crippen LogP contribution in [0.15, 0.2) is 84.0 Å². The first-order valence-corrected chi connectivity index (χ1v) is 12.4. The first-order valence-electron chi connectivity index (χ1n) is 11.4. The van der Waals surface area contributed by atoms with Gasteiger partial charge in [0.2, 0.25) is 5.16 Å². The van der Waals surface area contributed by atoms with Gasteiger partial charge in [-0.15, -0.1) is 5.10 Å². The summed E-state index contributed by atoms with van der Waals surface area (Å²) in [6.07, 6.45) is 0.974. The molecule has 3 aromatic carbocycles. The van der Waals surface area contributed by atoms with Crippen LogP contribution < -0.4 is 15.4 Å². The van der Waals surface area contributed by atoms with Gasteiger partial charge in [-0.05, 0) is 72.3 Å². The number of aromatic nitrogens is 4. The van der Waals surface area contributed by atoms with E-state index in [0.29, 0.717) is 5.75 Å².